The maximum atomic E-state index is 12.6. The fourth-order valence-electron chi connectivity index (χ4n) is 2.93. The quantitative estimate of drug-likeness (QED) is 0.637. The highest BCUT2D eigenvalue weighted by molar-refractivity contribution is 7.99. The third-order valence-corrected chi connectivity index (χ3v) is 5.62. The molecular weight excluding hydrogens is 379 g/mol. The lowest BCUT2D eigenvalue weighted by Crippen LogP contribution is -2.37. The molecule has 0 N–H and O–H groups in total. The van der Waals surface area contributed by atoms with Crippen molar-refractivity contribution in [1.82, 2.24) is 19.5 Å². The topological polar surface area (TPSA) is 50.5 Å². The van der Waals surface area contributed by atoms with Crippen LogP contribution in [0.1, 0.15) is 11.1 Å². The summed E-state index contributed by atoms with van der Waals surface area (Å²) in [6.07, 6.45) is 2.60. The summed E-state index contributed by atoms with van der Waals surface area (Å²) in [5.41, 5.74) is 3.08. The highest BCUT2D eigenvalue weighted by Gasteiger charge is 2.21. The van der Waals surface area contributed by atoms with Crippen LogP contribution in [0.3, 0.4) is 0 Å². The highest BCUT2D eigenvalue weighted by Crippen LogP contribution is 2.26. The van der Waals surface area contributed by atoms with E-state index in [1.54, 1.807) is 16.7 Å². The van der Waals surface area contributed by atoms with Gasteiger partial charge in [0.2, 0.25) is 5.91 Å². The van der Waals surface area contributed by atoms with Gasteiger partial charge in [-0.3, -0.25) is 9.20 Å². The Hall–Kier alpha value is -1.76. The molecule has 4 rings (SSSR count). The van der Waals surface area contributed by atoms with Gasteiger partial charge in [-0.05, 0) is 23.6 Å². The van der Waals surface area contributed by atoms with Gasteiger partial charge in [0.1, 0.15) is 0 Å². The van der Waals surface area contributed by atoms with E-state index in [4.69, 9.17) is 23.2 Å². The smallest absolute Gasteiger partial charge is 0.233 e. The zero-order valence-electron chi connectivity index (χ0n) is 13.2. The molecular formula is C17H14Cl2N4OS. The van der Waals surface area contributed by atoms with E-state index in [0.717, 1.165) is 13.0 Å². The molecule has 0 saturated heterocycles. The van der Waals surface area contributed by atoms with Crippen molar-refractivity contribution in [3.63, 3.8) is 0 Å². The van der Waals surface area contributed by atoms with Crippen LogP contribution >= 0.6 is 35.0 Å². The van der Waals surface area contributed by atoms with Gasteiger partial charge >= 0.3 is 0 Å². The van der Waals surface area contributed by atoms with Crippen LogP contribution in [0.2, 0.25) is 10.0 Å². The molecule has 0 spiro atoms. The number of nitrogens with zero attached hydrogens (tertiary/aromatic N) is 4. The number of amides is 1. The van der Waals surface area contributed by atoms with Gasteiger partial charge in [-0.1, -0.05) is 59.2 Å². The SMILES string of the molecule is O=C(CSc1nnc2c(Cl)cc(Cl)cn12)N1CCc2ccccc2C1. The van der Waals surface area contributed by atoms with Crippen LogP contribution in [-0.4, -0.2) is 37.7 Å². The third kappa shape index (κ3) is 3.34. The Morgan fingerprint density at radius 2 is 2.00 bits per heavy atom. The minimum Gasteiger partial charge on any atom is -0.337 e. The van der Waals surface area contributed by atoms with Crippen molar-refractivity contribution in [2.75, 3.05) is 12.3 Å². The van der Waals surface area contributed by atoms with Gasteiger partial charge in [0.25, 0.3) is 0 Å². The Labute approximate surface area is 158 Å². The molecule has 1 aliphatic rings. The van der Waals surface area contributed by atoms with Crippen molar-refractivity contribution < 1.29 is 4.79 Å². The first-order valence-corrected chi connectivity index (χ1v) is 9.53. The van der Waals surface area contributed by atoms with E-state index < -0.39 is 0 Å². The van der Waals surface area contributed by atoms with Crippen molar-refractivity contribution in [2.45, 2.75) is 18.1 Å². The molecule has 0 aliphatic carbocycles. The summed E-state index contributed by atoms with van der Waals surface area (Å²) < 4.78 is 1.72. The van der Waals surface area contributed by atoms with E-state index >= 15 is 0 Å². The molecule has 0 unspecified atom stereocenters. The van der Waals surface area contributed by atoms with Gasteiger partial charge in [0.15, 0.2) is 10.8 Å². The van der Waals surface area contributed by atoms with Crippen LogP contribution in [0.25, 0.3) is 5.65 Å². The summed E-state index contributed by atoms with van der Waals surface area (Å²) in [6.45, 7) is 1.41. The minimum absolute atomic E-state index is 0.0874. The first-order valence-electron chi connectivity index (χ1n) is 7.79. The number of thioether (sulfide) groups is 1. The number of aromatic nitrogens is 3. The summed E-state index contributed by atoms with van der Waals surface area (Å²) in [5.74, 6) is 0.386. The Balaban J connectivity index is 1.46. The zero-order valence-corrected chi connectivity index (χ0v) is 15.5. The predicted molar refractivity (Wildman–Crippen MR) is 99.3 cm³/mol. The van der Waals surface area contributed by atoms with E-state index in [9.17, 15) is 4.79 Å². The number of halogens is 2. The molecule has 3 heterocycles. The van der Waals surface area contributed by atoms with Crippen molar-refractivity contribution in [3.05, 3.63) is 57.7 Å². The van der Waals surface area contributed by atoms with Gasteiger partial charge in [-0.15, -0.1) is 10.2 Å². The van der Waals surface area contributed by atoms with Crippen molar-refractivity contribution in [3.8, 4) is 0 Å². The number of pyridine rings is 1. The maximum absolute atomic E-state index is 12.6. The van der Waals surface area contributed by atoms with Crippen LogP contribution in [0.5, 0.6) is 0 Å². The van der Waals surface area contributed by atoms with E-state index in [-0.39, 0.29) is 5.91 Å². The van der Waals surface area contributed by atoms with Crippen LogP contribution in [0, 0.1) is 0 Å². The molecule has 25 heavy (non-hydrogen) atoms. The molecule has 1 aromatic carbocycles. The molecule has 1 amide bonds. The van der Waals surface area contributed by atoms with E-state index in [1.165, 1.54) is 22.9 Å². The molecule has 5 nitrogen and oxygen atoms in total. The molecule has 0 fully saturated rings. The van der Waals surface area contributed by atoms with Crippen LogP contribution in [0.4, 0.5) is 0 Å². The number of hydrogen-bond acceptors (Lipinski definition) is 4. The van der Waals surface area contributed by atoms with Gasteiger partial charge in [-0.2, -0.15) is 0 Å². The Morgan fingerprint density at radius 3 is 2.84 bits per heavy atom. The first kappa shape index (κ1) is 16.7. The molecule has 128 valence electrons. The summed E-state index contributed by atoms with van der Waals surface area (Å²) in [5, 5.41) is 9.70. The van der Waals surface area contributed by atoms with Crippen molar-refractivity contribution in [1.29, 1.82) is 0 Å². The predicted octanol–water partition coefficient (Wildman–Crippen LogP) is 3.71. The van der Waals surface area contributed by atoms with Gasteiger partial charge in [0.05, 0.1) is 15.8 Å². The highest BCUT2D eigenvalue weighted by atomic mass is 35.5. The first-order chi connectivity index (χ1) is 12.1. The van der Waals surface area contributed by atoms with E-state index in [2.05, 4.69) is 22.3 Å². The van der Waals surface area contributed by atoms with Crippen molar-refractivity contribution in [2.24, 2.45) is 0 Å². The Morgan fingerprint density at radius 1 is 1.20 bits per heavy atom. The van der Waals surface area contributed by atoms with E-state index in [1.807, 2.05) is 17.0 Å². The standard InChI is InChI=1S/C17H14Cl2N4OS/c18-13-7-14(19)16-20-21-17(23(16)9-13)25-10-15(24)22-6-5-11-3-1-2-4-12(11)8-22/h1-4,7,9H,5-6,8,10H2. The zero-order chi connectivity index (χ0) is 17.4. The monoisotopic (exact) mass is 392 g/mol. The summed E-state index contributed by atoms with van der Waals surface area (Å²) in [6, 6.07) is 9.88. The number of fused-ring (bicyclic) bond motifs is 2. The molecule has 0 atom stereocenters. The largest absolute Gasteiger partial charge is 0.337 e. The molecule has 3 aromatic rings. The lowest BCUT2D eigenvalue weighted by Gasteiger charge is -2.28. The maximum Gasteiger partial charge on any atom is 0.233 e. The molecule has 8 heteroatoms. The Kier molecular flexibility index (Phi) is 4.58. The second-order valence-corrected chi connectivity index (χ2v) is 7.59. The van der Waals surface area contributed by atoms with Crippen LogP contribution in [0.15, 0.2) is 41.7 Å². The molecule has 0 radical (unpaired) electrons. The molecule has 1 aliphatic heterocycles. The second-order valence-electron chi connectivity index (χ2n) is 5.81. The normalized spacial score (nSPS) is 13.9. The van der Waals surface area contributed by atoms with Crippen LogP contribution in [-0.2, 0) is 17.8 Å². The molecule has 0 saturated carbocycles. The third-order valence-electron chi connectivity index (χ3n) is 4.20. The lowest BCUT2D eigenvalue weighted by atomic mass is 10.00. The average Bonchev–Trinajstić information content (AvgIpc) is 3.02. The number of carbonyl (C=O) groups is 1. The summed E-state index contributed by atoms with van der Waals surface area (Å²) >= 11 is 13.5. The minimum atomic E-state index is 0.0874. The second kappa shape index (κ2) is 6.86. The van der Waals surface area contributed by atoms with Crippen molar-refractivity contribution >= 4 is 46.5 Å². The number of carbonyl (C=O) groups excluding carboxylic acids is 1. The fourth-order valence-corrected chi connectivity index (χ4v) is 4.25. The molecule has 2 aromatic heterocycles. The summed E-state index contributed by atoms with van der Waals surface area (Å²) in [7, 11) is 0. The van der Waals surface area contributed by atoms with Gasteiger partial charge < -0.3 is 4.90 Å². The summed E-state index contributed by atoms with van der Waals surface area (Å²) in [4.78, 5) is 14.5. The number of rotatable bonds is 3. The van der Waals surface area contributed by atoms with Gasteiger partial charge in [0, 0.05) is 19.3 Å². The number of hydrogen-bond donors (Lipinski definition) is 0. The lowest BCUT2D eigenvalue weighted by molar-refractivity contribution is -0.129. The number of benzene rings is 1. The van der Waals surface area contributed by atoms with Crippen LogP contribution < -0.4 is 0 Å². The average molecular weight is 393 g/mol. The van der Waals surface area contributed by atoms with Gasteiger partial charge in [-0.25, -0.2) is 0 Å². The van der Waals surface area contributed by atoms with E-state index in [0.29, 0.717) is 33.1 Å². The Bertz CT molecular complexity index is 959. The molecule has 0 bridgehead atoms. The fraction of sp³-hybridized carbons (Fsp3) is 0.235.